The highest BCUT2D eigenvalue weighted by atomic mass is 32.2. The van der Waals surface area contributed by atoms with Crippen molar-refractivity contribution >= 4 is 35.2 Å². The smallest absolute Gasteiger partial charge is 0.255 e. The minimum Gasteiger partial charge on any atom is -0.368 e. The summed E-state index contributed by atoms with van der Waals surface area (Å²) in [6.07, 6.45) is -0.696. The summed E-state index contributed by atoms with van der Waals surface area (Å²) in [5, 5.41) is 9.62. The van der Waals surface area contributed by atoms with E-state index in [4.69, 9.17) is 10.5 Å². The van der Waals surface area contributed by atoms with Crippen LogP contribution in [0.3, 0.4) is 0 Å². The van der Waals surface area contributed by atoms with Gasteiger partial charge in [-0.15, -0.1) is 5.10 Å². The third-order valence-electron chi connectivity index (χ3n) is 3.84. The standard InChI is InChI=1S/C16H20N6O3S/c1-10-2-4-11(5-3-10)18-14(24)12-8-22(6-7-25-12)13(23)9-26-16-19-15(17)20-21-16/h2-5,12H,6-9H2,1H3,(H,18,24)(H3,17,19,20,21)/t12-/m0/s1. The maximum atomic E-state index is 12.4. The molecule has 1 aliphatic heterocycles. The van der Waals surface area contributed by atoms with E-state index < -0.39 is 6.10 Å². The highest BCUT2D eigenvalue weighted by molar-refractivity contribution is 7.99. The van der Waals surface area contributed by atoms with Gasteiger partial charge in [0.25, 0.3) is 5.91 Å². The van der Waals surface area contributed by atoms with Gasteiger partial charge in [-0.2, -0.15) is 4.98 Å². The lowest BCUT2D eigenvalue weighted by Crippen LogP contribution is -2.50. The first-order valence-electron chi connectivity index (χ1n) is 8.09. The van der Waals surface area contributed by atoms with Gasteiger partial charge in [0.2, 0.25) is 17.0 Å². The highest BCUT2D eigenvalue weighted by Crippen LogP contribution is 2.16. The van der Waals surface area contributed by atoms with E-state index in [0.717, 1.165) is 5.56 Å². The van der Waals surface area contributed by atoms with Gasteiger partial charge < -0.3 is 20.7 Å². The Balaban J connectivity index is 1.51. The molecule has 138 valence electrons. The number of morpholine rings is 1. The predicted molar refractivity (Wildman–Crippen MR) is 97.6 cm³/mol. The maximum Gasteiger partial charge on any atom is 0.255 e. The number of nitrogens with two attached hydrogens (primary N) is 1. The van der Waals surface area contributed by atoms with Crippen molar-refractivity contribution < 1.29 is 14.3 Å². The molecule has 9 nitrogen and oxygen atoms in total. The van der Waals surface area contributed by atoms with Crippen LogP contribution in [0.2, 0.25) is 0 Å². The van der Waals surface area contributed by atoms with Crippen LogP contribution < -0.4 is 11.1 Å². The summed E-state index contributed by atoms with van der Waals surface area (Å²) >= 11 is 1.19. The van der Waals surface area contributed by atoms with Crippen LogP contribution in [0.15, 0.2) is 29.4 Å². The Morgan fingerprint density at radius 1 is 1.42 bits per heavy atom. The second kappa shape index (κ2) is 8.19. The van der Waals surface area contributed by atoms with Gasteiger partial charge in [0.15, 0.2) is 6.10 Å². The van der Waals surface area contributed by atoms with Gasteiger partial charge in [0, 0.05) is 12.2 Å². The molecule has 3 rings (SSSR count). The van der Waals surface area contributed by atoms with Gasteiger partial charge in [-0.1, -0.05) is 29.5 Å². The van der Waals surface area contributed by atoms with Gasteiger partial charge in [-0.25, -0.2) is 5.10 Å². The van der Waals surface area contributed by atoms with Crippen molar-refractivity contribution in [2.45, 2.75) is 18.2 Å². The van der Waals surface area contributed by atoms with Crippen molar-refractivity contribution in [3.8, 4) is 0 Å². The number of hydrogen-bond acceptors (Lipinski definition) is 7. The van der Waals surface area contributed by atoms with Crippen molar-refractivity contribution in [2.75, 3.05) is 36.5 Å². The molecule has 2 amide bonds. The van der Waals surface area contributed by atoms with Gasteiger partial charge >= 0.3 is 0 Å². The number of anilines is 2. The quantitative estimate of drug-likeness (QED) is 0.654. The molecule has 1 aliphatic rings. The van der Waals surface area contributed by atoms with E-state index in [-0.39, 0.29) is 30.1 Å². The third-order valence-corrected chi connectivity index (χ3v) is 4.67. The van der Waals surface area contributed by atoms with Crippen LogP contribution in [-0.4, -0.2) is 63.4 Å². The van der Waals surface area contributed by atoms with Crippen molar-refractivity contribution in [1.82, 2.24) is 20.1 Å². The Bertz CT molecular complexity index is 779. The molecule has 1 aromatic carbocycles. The zero-order chi connectivity index (χ0) is 18.5. The van der Waals surface area contributed by atoms with E-state index in [1.807, 2.05) is 31.2 Å². The molecule has 0 unspecified atom stereocenters. The molecule has 1 atom stereocenters. The van der Waals surface area contributed by atoms with Crippen LogP contribution in [0, 0.1) is 6.92 Å². The molecular weight excluding hydrogens is 356 g/mol. The Kier molecular flexibility index (Phi) is 5.74. The molecule has 2 aromatic rings. The molecule has 0 bridgehead atoms. The van der Waals surface area contributed by atoms with E-state index in [1.54, 1.807) is 4.90 Å². The summed E-state index contributed by atoms with van der Waals surface area (Å²) in [5.74, 6) is 0.0126. The van der Waals surface area contributed by atoms with Gasteiger partial charge in [0.05, 0.1) is 18.9 Å². The summed E-state index contributed by atoms with van der Waals surface area (Å²) in [4.78, 5) is 30.3. The molecule has 0 radical (unpaired) electrons. The molecule has 2 heterocycles. The largest absolute Gasteiger partial charge is 0.368 e. The fraction of sp³-hybridized carbons (Fsp3) is 0.375. The van der Waals surface area contributed by atoms with Crippen molar-refractivity contribution in [1.29, 1.82) is 0 Å². The monoisotopic (exact) mass is 376 g/mol. The molecule has 4 N–H and O–H groups in total. The average Bonchev–Trinajstić information content (AvgIpc) is 3.07. The number of ether oxygens (including phenoxy) is 1. The number of nitrogens with zero attached hydrogens (tertiary/aromatic N) is 3. The molecule has 0 spiro atoms. The van der Waals surface area contributed by atoms with Crippen LogP contribution in [0.25, 0.3) is 0 Å². The molecule has 1 fully saturated rings. The number of nitrogens with one attached hydrogen (secondary N) is 2. The van der Waals surface area contributed by atoms with E-state index >= 15 is 0 Å². The number of carbonyl (C=O) groups is 2. The summed E-state index contributed by atoms with van der Waals surface area (Å²) in [7, 11) is 0. The van der Waals surface area contributed by atoms with E-state index in [9.17, 15) is 9.59 Å². The van der Waals surface area contributed by atoms with Crippen LogP contribution in [-0.2, 0) is 14.3 Å². The number of H-pyrrole nitrogens is 1. The molecule has 26 heavy (non-hydrogen) atoms. The highest BCUT2D eigenvalue weighted by Gasteiger charge is 2.29. The molecule has 1 saturated heterocycles. The number of nitrogen functional groups attached to an aromatic ring is 1. The van der Waals surface area contributed by atoms with Crippen LogP contribution >= 0.6 is 11.8 Å². The van der Waals surface area contributed by atoms with Gasteiger partial charge in [0.1, 0.15) is 0 Å². The van der Waals surface area contributed by atoms with Crippen molar-refractivity contribution in [3.05, 3.63) is 29.8 Å². The second-order valence-electron chi connectivity index (χ2n) is 5.85. The minimum absolute atomic E-state index is 0.102. The fourth-order valence-electron chi connectivity index (χ4n) is 2.43. The topological polar surface area (TPSA) is 126 Å². The predicted octanol–water partition coefficient (Wildman–Crippen LogP) is 0.654. The molecule has 1 aromatic heterocycles. The number of benzene rings is 1. The molecule has 0 aliphatic carbocycles. The number of aromatic amines is 1. The lowest BCUT2D eigenvalue weighted by molar-refractivity contribution is -0.142. The van der Waals surface area contributed by atoms with Crippen molar-refractivity contribution in [3.63, 3.8) is 0 Å². The molecular formula is C16H20N6O3S. The summed E-state index contributed by atoms with van der Waals surface area (Å²) in [6.45, 7) is 2.96. The summed E-state index contributed by atoms with van der Waals surface area (Å²) in [5.41, 5.74) is 7.26. The molecule has 10 heteroatoms. The van der Waals surface area contributed by atoms with Gasteiger partial charge in [-0.3, -0.25) is 9.59 Å². The SMILES string of the molecule is Cc1ccc(NC(=O)[C@@H]2CN(C(=O)CSc3n[nH]c(N)n3)CCO2)cc1. The van der Waals surface area contributed by atoms with E-state index in [2.05, 4.69) is 20.5 Å². The second-order valence-corrected chi connectivity index (χ2v) is 6.79. The Labute approximate surface area is 154 Å². The number of carbonyl (C=O) groups excluding carboxylic acids is 2. The van der Waals surface area contributed by atoms with Crippen LogP contribution in [0.1, 0.15) is 5.56 Å². The van der Waals surface area contributed by atoms with Crippen LogP contribution in [0.5, 0.6) is 0 Å². The first-order chi connectivity index (χ1) is 12.5. The number of aromatic nitrogens is 3. The molecule has 0 saturated carbocycles. The number of aryl methyl sites for hydroxylation is 1. The lowest BCUT2D eigenvalue weighted by Gasteiger charge is -2.32. The van der Waals surface area contributed by atoms with E-state index in [0.29, 0.717) is 24.0 Å². The Morgan fingerprint density at radius 3 is 2.88 bits per heavy atom. The maximum absolute atomic E-state index is 12.4. The number of amides is 2. The lowest BCUT2D eigenvalue weighted by atomic mass is 10.2. The van der Waals surface area contributed by atoms with Crippen LogP contribution in [0.4, 0.5) is 11.6 Å². The Morgan fingerprint density at radius 2 is 2.19 bits per heavy atom. The first-order valence-corrected chi connectivity index (χ1v) is 9.07. The third kappa shape index (κ3) is 4.73. The average molecular weight is 376 g/mol. The Hall–Kier alpha value is -2.59. The number of rotatable bonds is 5. The minimum atomic E-state index is -0.696. The number of thioether (sulfide) groups is 1. The fourth-order valence-corrected chi connectivity index (χ4v) is 3.14. The van der Waals surface area contributed by atoms with E-state index in [1.165, 1.54) is 11.8 Å². The summed E-state index contributed by atoms with van der Waals surface area (Å²) in [6, 6.07) is 7.50. The normalized spacial score (nSPS) is 17.1. The zero-order valence-corrected chi connectivity index (χ0v) is 15.1. The first kappa shape index (κ1) is 18.2. The van der Waals surface area contributed by atoms with Gasteiger partial charge in [-0.05, 0) is 19.1 Å². The number of hydrogen-bond donors (Lipinski definition) is 3. The summed E-state index contributed by atoms with van der Waals surface area (Å²) < 4.78 is 5.52. The van der Waals surface area contributed by atoms with Crippen molar-refractivity contribution in [2.24, 2.45) is 0 Å². The zero-order valence-electron chi connectivity index (χ0n) is 14.3.